The van der Waals surface area contributed by atoms with Crippen LogP contribution in [0.5, 0.6) is 0 Å². The van der Waals surface area contributed by atoms with E-state index in [0.29, 0.717) is 0 Å². The van der Waals surface area contributed by atoms with E-state index >= 15 is 0 Å². The molecule has 8 nitrogen and oxygen atoms in total. The van der Waals surface area contributed by atoms with Crippen LogP contribution in [0.15, 0.2) is 24.3 Å². The molecule has 0 aromatic carbocycles. The van der Waals surface area contributed by atoms with Crippen molar-refractivity contribution in [3.8, 4) is 0 Å². The molecule has 0 heterocycles. The van der Waals surface area contributed by atoms with Crippen LogP contribution < -0.4 is 0 Å². The molecule has 0 aliphatic heterocycles. The van der Waals surface area contributed by atoms with Crippen molar-refractivity contribution in [3.63, 3.8) is 0 Å². The van der Waals surface area contributed by atoms with Gasteiger partial charge in [0, 0.05) is 37.6 Å². The van der Waals surface area contributed by atoms with E-state index in [-0.39, 0.29) is 37.6 Å². The van der Waals surface area contributed by atoms with Gasteiger partial charge in [-0.2, -0.15) is 0 Å². The standard InChI is InChI=1S/2C4H6O2.2C4H10O2/c2*1-3(2)4(5)6;2*5-3-1-2-4-6/h2*1H2,2H3,(H,5,6);2*5-6H,1-4H2. The zero-order valence-corrected chi connectivity index (χ0v) is 14.6. The van der Waals surface area contributed by atoms with Crippen LogP contribution in [0.1, 0.15) is 39.5 Å². The summed E-state index contributed by atoms with van der Waals surface area (Å²) in [5.74, 6) is -1.87. The van der Waals surface area contributed by atoms with Crippen molar-refractivity contribution in [3.05, 3.63) is 24.3 Å². The summed E-state index contributed by atoms with van der Waals surface area (Å²) in [6.45, 7) is 9.98. The first kappa shape index (κ1) is 30.2. The highest BCUT2D eigenvalue weighted by molar-refractivity contribution is 5.85. The summed E-state index contributed by atoms with van der Waals surface area (Å²) in [7, 11) is 0. The van der Waals surface area contributed by atoms with Crippen molar-refractivity contribution in [1.82, 2.24) is 0 Å². The molecule has 144 valence electrons. The van der Waals surface area contributed by atoms with Gasteiger partial charge in [0.15, 0.2) is 0 Å². The van der Waals surface area contributed by atoms with Gasteiger partial charge in [-0.15, -0.1) is 0 Å². The average Bonchev–Trinajstić information content (AvgIpc) is 2.52. The largest absolute Gasteiger partial charge is 0.478 e. The zero-order chi connectivity index (χ0) is 20.0. The SMILES string of the molecule is C=C(C)C(=O)O.C=C(C)C(=O)O.OCCCCO.OCCCCO. The molecule has 0 aliphatic rings. The quantitative estimate of drug-likeness (QED) is 0.277. The molecule has 0 atom stereocenters. The highest BCUT2D eigenvalue weighted by Crippen LogP contribution is 1.82. The van der Waals surface area contributed by atoms with Gasteiger partial charge in [0.1, 0.15) is 0 Å². The van der Waals surface area contributed by atoms with Gasteiger partial charge in [-0.3, -0.25) is 0 Å². The summed E-state index contributed by atoms with van der Waals surface area (Å²) in [6, 6.07) is 0. The molecule has 0 saturated heterocycles. The first-order valence-corrected chi connectivity index (χ1v) is 7.33. The fraction of sp³-hybridized carbons (Fsp3) is 0.625. The Kier molecular flexibility index (Phi) is 32.9. The second-order valence-corrected chi connectivity index (χ2v) is 4.48. The topological polar surface area (TPSA) is 156 Å². The van der Waals surface area contributed by atoms with Gasteiger partial charge in [0.25, 0.3) is 0 Å². The van der Waals surface area contributed by atoms with E-state index in [1.165, 1.54) is 13.8 Å². The molecule has 0 bridgehead atoms. The summed E-state index contributed by atoms with van der Waals surface area (Å²) in [5, 5.41) is 48.1. The number of aliphatic hydroxyl groups is 4. The van der Waals surface area contributed by atoms with Crippen molar-refractivity contribution in [2.24, 2.45) is 0 Å². The third-order valence-electron chi connectivity index (χ3n) is 1.86. The van der Waals surface area contributed by atoms with Crippen molar-refractivity contribution in [2.45, 2.75) is 39.5 Å². The molecule has 0 aliphatic carbocycles. The molecule has 6 N–H and O–H groups in total. The summed E-state index contributed by atoms with van der Waals surface area (Å²) >= 11 is 0. The lowest BCUT2D eigenvalue weighted by Crippen LogP contribution is -1.92. The van der Waals surface area contributed by atoms with Gasteiger partial charge in [-0.1, -0.05) is 13.2 Å². The van der Waals surface area contributed by atoms with Crippen molar-refractivity contribution in [2.75, 3.05) is 26.4 Å². The van der Waals surface area contributed by atoms with E-state index in [4.69, 9.17) is 30.6 Å². The molecule has 24 heavy (non-hydrogen) atoms. The number of rotatable bonds is 8. The van der Waals surface area contributed by atoms with Gasteiger partial charge >= 0.3 is 11.9 Å². The Bertz CT molecular complexity index is 262. The van der Waals surface area contributed by atoms with Crippen molar-refractivity contribution >= 4 is 11.9 Å². The van der Waals surface area contributed by atoms with Crippen LogP contribution in [0, 0.1) is 0 Å². The first-order valence-electron chi connectivity index (χ1n) is 7.33. The van der Waals surface area contributed by atoms with Crippen molar-refractivity contribution in [1.29, 1.82) is 0 Å². The Labute approximate surface area is 143 Å². The van der Waals surface area contributed by atoms with E-state index in [1.807, 2.05) is 0 Å². The predicted molar refractivity (Wildman–Crippen MR) is 91.7 cm³/mol. The summed E-state index contributed by atoms with van der Waals surface area (Å²) in [4.78, 5) is 19.2. The third-order valence-corrected chi connectivity index (χ3v) is 1.86. The van der Waals surface area contributed by atoms with Gasteiger partial charge in [0.2, 0.25) is 0 Å². The van der Waals surface area contributed by atoms with Crippen LogP contribution in [0.25, 0.3) is 0 Å². The van der Waals surface area contributed by atoms with E-state index in [1.54, 1.807) is 0 Å². The minimum Gasteiger partial charge on any atom is -0.478 e. The fourth-order valence-corrected chi connectivity index (χ4v) is 0.447. The molecule has 0 spiro atoms. The molecule has 0 unspecified atom stereocenters. The fourth-order valence-electron chi connectivity index (χ4n) is 0.447. The monoisotopic (exact) mass is 352 g/mol. The molecule has 0 aromatic heterocycles. The number of hydrogen-bond donors (Lipinski definition) is 6. The Hall–Kier alpha value is -1.74. The summed E-state index contributed by atoms with van der Waals surface area (Å²) in [6.07, 6.45) is 2.88. The highest BCUT2D eigenvalue weighted by atomic mass is 16.4. The van der Waals surface area contributed by atoms with Crippen LogP contribution in [-0.4, -0.2) is 69.0 Å². The number of hydrogen-bond acceptors (Lipinski definition) is 6. The number of unbranched alkanes of at least 4 members (excludes halogenated alkanes) is 2. The van der Waals surface area contributed by atoms with E-state index < -0.39 is 11.9 Å². The molecule has 0 radical (unpaired) electrons. The van der Waals surface area contributed by atoms with Gasteiger partial charge in [-0.25, -0.2) is 9.59 Å². The Morgan fingerprint density at radius 3 is 0.792 bits per heavy atom. The maximum atomic E-state index is 9.60. The maximum absolute atomic E-state index is 9.60. The van der Waals surface area contributed by atoms with Crippen LogP contribution >= 0.6 is 0 Å². The number of aliphatic hydroxyl groups excluding tert-OH is 4. The van der Waals surface area contributed by atoms with Crippen LogP contribution in [0.4, 0.5) is 0 Å². The molecule has 0 rings (SSSR count). The number of carboxylic acid groups (broad SMARTS) is 2. The minimum atomic E-state index is -0.935. The van der Waals surface area contributed by atoms with E-state index in [2.05, 4.69) is 13.2 Å². The van der Waals surface area contributed by atoms with Crippen LogP contribution in [0.2, 0.25) is 0 Å². The Morgan fingerprint density at radius 2 is 0.750 bits per heavy atom. The second kappa shape index (κ2) is 26.2. The molecule has 0 fully saturated rings. The molecule has 0 saturated carbocycles. The first-order chi connectivity index (χ1) is 11.1. The lowest BCUT2D eigenvalue weighted by atomic mass is 10.3. The lowest BCUT2D eigenvalue weighted by molar-refractivity contribution is -0.133. The highest BCUT2D eigenvalue weighted by Gasteiger charge is 1.90. The van der Waals surface area contributed by atoms with E-state index in [0.717, 1.165) is 25.7 Å². The van der Waals surface area contributed by atoms with Crippen LogP contribution in [0.3, 0.4) is 0 Å². The van der Waals surface area contributed by atoms with Gasteiger partial charge < -0.3 is 30.6 Å². The average molecular weight is 352 g/mol. The molecule has 8 heteroatoms. The summed E-state index contributed by atoms with van der Waals surface area (Å²) in [5.41, 5.74) is 0.352. The molecular weight excluding hydrogens is 320 g/mol. The Morgan fingerprint density at radius 1 is 0.625 bits per heavy atom. The molecule has 0 amide bonds. The second-order valence-electron chi connectivity index (χ2n) is 4.48. The van der Waals surface area contributed by atoms with Crippen LogP contribution in [-0.2, 0) is 9.59 Å². The predicted octanol–water partition coefficient (Wildman–Crippen LogP) is 0.797. The minimum absolute atomic E-state index is 0.176. The zero-order valence-electron chi connectivity index (χ0n) is 14.6. The maximum Gasteiger partial charge on any atom is 0.330 e. The Balaban J connectivity index is -0.000000111. The lowest BCUT2D eigenvalue weighted by Gasteiger charge is -1.85. The summed E-state index contributed by atoms with van der Waals surface area (Å²) < 4.78 is 0. The number of carbonyl (C=O) groups is 2. The van der Waals surface area contributed by atoms with E-state index in [9.17, 15) is 9.59 Å². The van der Waals surface area contributed by atoms with Crippen molar-refractivity contribution < 1.29 is 40.2 Å². The van der Waals surface area contributed by atoms with Gasteiger partial charge in [-0.05, 0) is 39.5 Å². The third kappa shape index (κ3) is 50.0. The number of carboxylic acids is 2. The smallest absolute Gasteiger partial charge is 0.330 e. The molecular formula is C16H32O8. The molecule has 0 aromatic rings. The van der Waals surface area contributed by atoms with Gasteiger partial charge in [0.05, 0.1) is 0 Å². The normalized spacial score (nSPS) is 8.25. The number of aliphatic carboxylic acids is 2.